The van der Waals surface area contributed by atoms with E-state index in [1.807, 2.05) is 6.92 Å². The van der Waals surface area contributed by atoms with Crippen molar-refractivity contribution >= 4 is 23.2 Å². The van der Waals surface area contributed by atoms with Gasteiger partial charge in [-0.1, -0.05) is 11.6 Å². The van der Waals surface area contributed by atoms with Crippen LogP contribution in [0.25, 0.3) is 4.85 Å². The first-order valence-corrected chi connectivity index (χ1v) is 8.72. The predicted octanol–water partition coefficient (Wildman–Crippen LogP) is 2.93. The molecule has 0 unspecified atom stereocenters. The SMILES string of the molecule is [C-]#[N+]C(C)(C)n1cc(Nc2ncc(Cl)c(OCC3CN(C)C3)n2)c(C)n1. The molecular weight excluding hydrogens is 354 g/mol. The van der Waals surface area contributed by atoms with Crippen molar-refractivity contribution in [3.05, 3.63) is 34.5 Å². The molecule has 138 valence electrons. The Balaban J connectivity index is 1.72. The smallest absolute Gasteiger partial charge is 0.319 e. The molecule has 0 amide bonds. The summed E-state index contributed by atoms with van der Waals surface area (Å²) in [6.45, 7) is 15.4. The normalized spacial score (nSPS) is 15.4. The summed E-state index contributed by atoms with van der Waals surface area (Å²) in [7, 11) is 2.08. The summed E-state index contributed by atoms with van der Waals surface area (Å²) in [5, 5.41) is 7.90. The van der Waals surface area contributed by atoms with E-state index in [9.17, 15) is 0 Å². The minimum Gasteiger partial charge on any atom is -0.476 e. The van der Waals surface area contributed by atoms with Crippen molar-refractivity contribution in [2.24, 2.45) is 5.92 Å². The topological polar surface area (TPSA) is 72.5 Å². The summed E-state index contributed by atoms with van der Waals surface area (Å²) in [6.07, 6.45) is 3.29. The zero-order chi connectivity index (χ0) is 18.9. The molecule has 9 heteroatoms. The summed E-state index contributed by atoms with van der Waals surface area (Å²) in [5.41, 5.74) is 0.728. The maximum atomic E-state index is 7.29. The first-order chi connectivity index (χ1) is 12.3. The van der Waals surface area contributed by atoms with Crippen LogP contribution in [0.15, 0.2) is 12.4 Å². The van der Waals surface area contributed by atoms with Crippen molar-refractivity contribution < 1.29 is 4.74 Å². The number of rotatable bonds is 6. The van der Waals surface area contributed by atoms with Crippen LogP contribution in [0.5, 0.6) is 5.88 Å². The molecule has 26 heavy (non-hydrogen) atoms. The van der Waals surface area contributed by atoms with E-state index < -0.39 is 5.66 Å². The van der Waals surface area contributed by atoms with Crippen molar-refractivity contribution in [3.63, 3.8) is 0 Å². The standard InChI is InChI=1S/C17H22ClN7O/c1-11-14(9-25(23-11)17(2,3)19-4)21-16-20-6-13(18)15(22-16)26-10-12-7-24(5)8-12/h6,9,12H,7-8,10H2,1-3,5H3,(H,20,21,22). The number of hydrogen-bond donors (Lipinski definition) is 1. The van der Waals surface area contributed by atoms with E-state index in [2.05, 4.69) is 37.2 Å². The lowest BCUT2D eigenvalue weighted by Gasteiger charge is -2.35. The van der Waals surface area contributed by atoms with E-state index in [4.69, 9.17) is 22.9 Å². The molecule has 0 aromatic carbocycles. The van der Waals surface area contributed by atoms with Gasteiger partial charge in [0.25, 0.3) is 0 Å². The number of nitrogens with zero attached hydrogens (tertiary/aromatic N) is 6. The Hall–Kier alpha value is -2.37. The number of anilines is 2. The fourth-order valence-corrected chi connectivity index (χ4v) is 2.82. The average molecular weight is 376 g/mol. The van der Waals surface area contributed by atoms with E-state index >= 15 is 0 Å². The molecule has 0 atom stereocenters. The molecule has 1 saturated heterocycles. The largest absolute Gasteiger partial charge is 0.476 e. The van der Waals surface area contributed by atoms with Gasteiger partial charge < -0.3 is 15.0 Å². The van der Waals surface area contributed by atoms with E-state index in [0.717, 1.165) is 24.5 Å². The number of aryl methyl sites for hydroxylation is 1. The lowest BCUT2D eigenvalue weighted by atomic mass is 10.0. The average Bonchev–Trinajstić information content (AvgIpc) is 2.94. The molecule has 0 aliphatic carbocycles. The number of nitrogens with one attached hydrogen (secondary N) is 1. The Bertz CT molecular complexity index is 836. The molecule has 2 aromatic rings. The first kappa shape index (κ1) is 18.4. The zero-order valence-electron chi connectivity index (χ0n) is 15.3. The molecule has 0 saturated carbocycles. The van der Waals surface area contributed by atoms with Crippen LogP contribution in [0.1, 0.15) is 19.5 Å². The van der Waals surface area contributed by atoms with Gasteiger partial charge in [0.2, 0.25) is 11.8 Å². The van der Waals surface area contributed by atoms with Gasteiger partial charge in [-0.25, -0.2) is 11.6 Å². The van der Waals surface area contributed by atoms with Crippen LogP contribution in [-0.4, -0.2) is 51.4 Å². The van der Waals surface area contributed by atoms with Crippen LogP contribution >= 0.6 is 11.6 Å². The number of halogens is 1. The van der Waals surface area contributed by atoms with Gasteiger partial charge in [0.1, 0.15) is 5.02 Å². The van der Waals surface area contributed by atoms with Gasteiger partial charge in [-0.2, -0.15) is 14.8 Å². The van der Waals surface area contributed by atoms with Gasteiger partial charge in [0, 0.05) is 32.9 Å². The molecule has 1 aliphatic rings. The predicted molar refractivity (Wildman–Crippen MR) is 99.7 cm³/mol. The summed E-state index contributed by atoms with van der Waals surface area (Å²) < 4.78 is 7.39. The Kier molecular flexibility index (Phi) is 5.03. The van der Waals surface area contributed by atoms with E-state index in [-0.39, 0.29) is 0 Å². The number of likely N-dealkylation sites (tertiary alicyclic amines) is 1. The minimum absolute atomic E-state index is 0.366. The maximum Gasteiger partial charge on any atom is 0.319 e. The van der Waals surface area contributed by atoms with Crippen molar-refractivity contribution in [3.8, 4) is 5.88 Å². The molecule has 1 N–H and O–H groups in total. The first-order valence-electron chi connectivity index (χ1n) is 8.35. The van der Waals surface area contributed by atoms with Crippen molar-refractivity contribution in [1.82, 2.24) is 24.6 Å². The van der Waals surface area contributed by atoms with E-state index in [1.54, 1.807) is 24.7 Å². The molecule has 1 fully saturated rings. The van der Waals surface area contributed by atoms with Crippen LogP contribution in [0.4, 0.5) is 11.6 Å². The van der Waals surface area contributed by atoms with Crippen LogP contribution in [-0.2, 0) is 5.66 Å². The van der Waals surface area contributed by atoms with Crippen molar-refractivity contribution in [1.29, 1.82) is 0 Å². The van der Waals surface area contributed by atoms with Crippen LogP contribution in [0.2, 0.25) is 5.02 Å². The van der Waals surface area contributed by atoms with Gasteiger partial charge in [0.15, 0.2) is 0 Å². The fourth-order valence-electron chi connectivity index (χ4n) is 2.68. The molecule has 1 aliphatic heterocycles. The van der Waals surface area contributed by atoms with Gasteiger partial charge in [-0.3, -0.25) is 4.85 Å². The van der Waals surface area contributed by atoms with Crippen LogP contribution in [0.3, 0.4) is 0 Å². The van der Waals surface area contributed by atoms with Gasteiger partial charge in [0.05, 0.1) is 30.4 Å². The highest BCUT2D eigenvalue weighted by atomic mass is 35.5. The summed E-state index contributed by atoms with van der Waals surface area (Å²) in [4.78, 5) is 14.4. The highest BCUT2D eigenvalue weighted by Gasteiger charge is 2.27. The second kappa shape index (κ2) is 7.09. The maximum absolute atomic E-state index is 7.29. The summed E-state index contributed by atoms with van der Waals surface area (Å²) >= 11 is 6.15. The second-order valence-corrected chi connectivity index (χ2v) is 7.46. The highest BCUT2D eigenvalue weighted by molar-refractivity contribution is 6.31. The molecule has 0 spiro atoms. The third-order valence-corrected chi connectivity index (χ3v) is 4.55. The summed E-state index contributed by atoms with van der Waals surface area (Å²) in [6, 6.07) is 0. The van der Waals surface area contributed by atoms with Gasteiger partial charge >= 0.3 is 5.66 Å². The Morgan fingerprint density at radius 3 is 2.85 bits per heavy atom. The number of aromatic nitrogens is 4. The molecule has 3 rings (SSSR count). The molecule has 3 heterocycles. The minimum atomic E-state index is -0.754. The van der Waals surface area contributed by atoms with Crippen molar-refractivity contribution in [2.75, 3.05) is 32.1 Å². The Labute approximate surface area is 158 Å². The molecule has 0 bridgehead atoms. The monoisotopic (exact) mass is 375 g/mol. The van der Waals surface area contributed by atoms with Crippen molar-refractivity contribution in [2.45, 2.75) is 26.4 Å². The molecule has 8 nitrogen and oxygen atoms in total. The second-order valence-electron chi connectivity index (χ2n) is 7.05. The third kappa shape index (κ3) is 3.89. The van der Waals surface area contributed by atoms with E-state index in [1.165, 1.54) is 6.20 Å². The number of ether oxygens (including phenoxy) is 1. The Morgan fingerprint density at radius 1 is 1.46 bits per heavy atom. The van der Waals surface area contributed by atoms with E-state index in [0.29, 0.717) is 29.4 Å². The molecule has 2 aromatic heterocycles. The third-order valence-electron chi connectivity index (χ3n) is 4.29. The lowest BCUT2D eigenvalue weighted by Crippen LogP contribution is -2.46. The zero-order valence-corrected chi connectivity index (χ0v) is 16.1. The van der Waals surface area contributed by atoms with Crippen LogP contribution < -0.4 is 10.1 Å². The highest BCUT2D eigenvalue weighted by Crippen LogP contribution is 2.27. The lowest BCUT2D eigenvalue weighted by molar-refractivity contribution is 0.0839. The number of hydrogen-bond acceptors (Lipinski definition) is 6. The Morgan fingerprint density at radius 2 is 2.19 bits per heavy atom. The van der Waals surface area contributed by atoms with Gasteiger partial charge in [-0.05, 0) is 14.0 Å². The van der Waals surface area contributed by atoms with Gasteiger partial charge in [-0.15, -0.1) is 0 Å². The van der Waals surface area contributed by atoms with Crippen LogP contribution in [0, 0.1) is 19.4 Å². The molecule has 0 radical (unpaired) electrons. The fraction of sp³-hybridized carbons (Fsp3) is 0.529. The summed E-state index contributed by atoms with van der Waals surface area (Å²) in [5.74, 6) is 1.24. The quantitative estimate of drug-likeness (QED) is 0.782. The molecular formula is C17H22ClN7O.